The number of hydrogen-bond acceptors (Lipinski definition) is 2. The molecule has 0 N–H and O–H groups in total. The zero-order valence-electron chi connectivity index (χ0n) is 8.26. The third kappa shape index (κ3) is 2.88. The first-order chi connectivity index (χ1) is 6.13. The summed E-state index contributed by atoms with van der Waals surface area (Å²) in [6.45, 7) is 3.68. The number of carbonyl (C=O) groups excluding carboxylic acids is 1. The van der Waals surface area contributed by atoms with Crippen LogP contribution in [0.5, 0.6) is 0 Å². The number of benzene rings is 1. The van der Waals surface area contributed by atoms with Crippen LogP contribution >= 0.6 is 11.8 Å². The standard InChI is InChI=1S/C11H14OS/c1-8-6-11(13-3)5-4-10(8)7-9(2)12/h4-6H,7H2,1-3H3. The molecule has 0 heterocycles. The van der Waals surface area contributed by atoms with Crippen LogP contribution in [0.15, 0.2) is 23.1 Å². The van der Waals surface area contributed by atoms with E-state index in [-0.39, 0.29) is 5.78 Å². The van der Waals surface area contributed by atoms with E-state index >= 15 is 0 Å². The van der Waals surface area contributed by atoms with Crippen LogP contribution in [0.1, 0.15) is 18.1 Å². The molecule has 70 valence electrons. The Kier molecular flexibility index (Phi) is 3.55. The Balaban J connectivity index is 2.91. The predicted octanol–water partition coefficient (Wildman–Crippen LogP) is 2.85. The van der Waals surface area contributed by atoms with Gasteiger partial charge in [0.15, 0.2) is 0 Å². The zero-order valence-corrected chi connectivity index (χ0v) is 9.07. The summed E-state index contributed by atoms with van der Waals surface area (Å²) in [5.41, 5.74) is 2.35. The van der Waals surface area contributed by atoms with Crippen molar-refractivity contribution in [1.29, 1.82) is 0 Å². The maximum atomic E-state index is 10.9. The molecule has 0 fully saturated rings. The van der Waals surface area contributed by atoms with Crippen molar-refractivity contribution in [2.75, 3.05) is 6.26 Å². The maximum Gasteiger partial charge on any atom is 0.134 e. The smallest absolute Gasteiger partial charge is 0.134 e. The van der Waals surface area contributed by atoms with Crippen LogP contribution in [0.4, 0.5) is 0 Å². The van der Waals surface area contributed by atoms with Crippen LogP contribution in [-0.4, -0.2) is 12.0 Å². The SMILES string of the molecule is CSc1ccc(CC(C)=O)c(C)c1. The van der Waals surface area contributed by atoms with E-state index in [9.17, 15) is 4.79 Å². The molecule has 0 unspecified atom stereocenters. The van der Waals surface area contributed by atoms with Crippen molar-refractivity contribution in [2.24, 2.45) is 0 Å². The lowest BCUT2D eigenvalue weighted by molar-refractivity contribution is -0.116. The molecule has 0 saturated heterocycles. The van der Waals surface area contributed by atoms with E-state index < -0.39 is 0 Å². The molecule has 0 radical (unpaired) electrons. The van der Waals surface area contributed by atoms with Gasteiger partial charge in [-0.1, -0.05) is 6.07 Å². The van der Waals surface area contributed by atoms with Crippen molar-refractivity contribution in [3.05, 3.63) is 29.3 Å². The van der Waals surface area contributed by atoms with E-state index in [1.165, 1.54) is 10.5 Å². The van der Waals surface area contributed by atoms with E-state index in [2.05, 4.69) is 25.3 Å². The molecule has 0 bridgehead atoms. The Hall–Kier alpha value is -0.760. The number of carbonyl (C=O) groups is 1. The van der Waals surface area contributed by atoms with Gasteiger partial charge in [-0.15, -0.1) is 11.8 Å². The minimum atomic E-state index is 0.222. The summed E-state index contributed by atoms with van der Waals surface area (Å²) in [7, 11) is 0. The Bertz CT molecular complexity index is 318. The zero-order chi connectivity index (χ0) is 9.84. The molecule has 0 spiro atoms. The Morgan fingerprint density at radius 1 is 1.46 bits per heavy atom. The Labute approximate surface area is 83.5 Å². The predicted molar refractivity (Wildman–Crippen MR) is 57.3 cm³/mol. The average molecular weight is 194 g/mol. The van der Waals surface area contributed by atoms with Crippen molar-refractivity contribution in [1.82, 2.24) is 0 Å². The van der Waals surface area contributed by atoms with Crippen molar-refractivity contribution >= 4 is 17.5 Å². The summed E-state index contributed by atoms with van der Waals surface area (Å²) in [6.07, 6.45) is 2.61. The molecular weight excluding hydrogens is 180 g/mol. The van der Waals surface area contributed by atoms with E-state index in [4.69, 9.17) is 0 Å². The first-order valence-electron chi connectivity index (χ1n) is 4.26. The summed E-state index contributed by atoms with van der Waals surface area (Å²) in [6, 6.07) is 6.24. The molecule has 0 aliphatic heterocycles. The van der Waals surface area contributed by atoms with Crippen LogP contribution < -0.4 is 0 Å². The first kappa shape index (κ1) is 10.3. The highest BCUT2D eigenvalue weighted by Crippen LogP contribution is 2.19. The highest BCUT2D eigenvalue weighted by molar-refractivity contribution is 7.98. The van der Waals surface area contributed by atoms with Crippen LogP contribution in [0.3, 0.4) is 0 Å². The highest BCUT2D eigenvalue weighted by Gasteiger charge is 2.01. The number of rotatable bonds is 3. The van der Waals surface area contributed by atoms with Gasteiger partial charge in [-0.3, -0.25) is 4.79 Å². The number of hydrogen-bond donors (Lipinski definition) is 0. The third-order valence-corrected chi connectivity index (χ3v) is 2.71. The average Bonchev–Trinajstić information content (AvgIpc) is 2.08. The maximum absolute atomic E-state index is 10.9. The van der Waals surface area contributed by atoms with Crippen LogP contribution in [0.25, 0.3) is 0 Å². The lowest BCUT2D eigenvalue weighted by Crippen LogP contribution is -1.98. The molecule has 0 saturated carbocycles. The van der Waals surface area contributed by atoms with Gasteiger partial charge in [-0.25, -0.2) is 0 Å². The Morgan fingerprint density at radius 3 is 2.62 bits per heavy atom. The number of ketones is 1. The van der Waals surface area contributed by atoms with E-state index in [1.807, 2.05) is 6.07 Å². The van der Waals surface area contributed by atoms with E-state index in [1.54, 1.807) is 18.7 Å². The number of thioether (sulfide) groups is 1. The van der Waals surface area contributed by atoms with Crippen LogP contribution in [0.2, 0.25) is 0 Å². The molecule has 13 heavy (non-hydrogen) atoms. The number of aryl methyl sites for hydroxylation is 1. The lowest BCUT2D eigenvalue weighted by Gasteiger charge is -2.04. The minimum Gasteiger partial charge on any atom is -0.300 e. The fraction of sp³-hybridized carbons (Fsp3) is 0.364. The van der Waals surface area contributed by atoms with Crippen molar-refractivity contribution in [3.63, 3.8) is 0 Å². The first-order valence-corrected chi connectivity index (χ1v) is 5.49. The molecule has 2 heteroatoms. The molecule has 1 rings (SSSR count). The second-order valence-electron chi connectivity index (χ2n) is 3.17. The monoisotopic (exact) mass is 194 g/mol. The molecule has 0 aromatic heterocycles. The van der Waals surface area contributed by atoms with Gasteiger partial charge in [-0.2, -0.15) is 0 Å². The third-order valence-electron chi connectivity index (χ3n) is 1.99. The van der Waals surface area contributed by atoms with Gasteiger partial charge in [0.2, 0.25) is 0 Å². The Morgan fingerprint density at radius 2 is 2.15 bits per heavy atom. The second-order valence-corrected chi connectivity index (χ2v) is 4.05. The summed E-state index contributed by atoms with van der Waals surface area (Å²) >= 11 is 1.73. The largest absolute Gasteiger partial charge is 0.300 e. The minimum absolute atomic E-state index is 0.222. The summed E-state index contributed by atoms with van der Waals surface area (Å²) < 4.78 is 0. The van der Waals surface area contributed by atoms with Gasteiger partial charge < -0.3 is 0 Å². The highest BCUT2D eigenvalue weighted by atomic mass is 32.2. The fourth-order valence-corrected chi connectivity index (χ4v) is 1.76. The van der Waals surface area contributed by atoms with E-state index in [0.29, 0.717) is 6.42 Å². The topological polar surface area (TPSA) is 17.1 Å². The van der Waals surface area contributed by atoms with Gasteiger partial charge >= 0.3 is 0 Å². The van der Waals surface area contributed by atoms with Crippen LogP contribution in [0, 0.1) is 6.92 Å². The normalized spacial score (nSPS) is 10.1. The van der Waals surface area contributed by atoms with Crippen molar-refractivity contribution < 1.29 is 4.79 Å². The molecule has 0 amide bonds. The summed E-state index contributed by atoms with van der Waals surface area (Å²) in [4.78, 5) is 12.2. The van der Waals surface area contributed by atoms with Crippen LogP contribution in [-0.2, 0) is 11.2 Å². The van der Waals surface area contributed by atoms with Gasteiger partial charge in [0.1, 0.15) is 5.78 Å². The summed E-state index contributed by atoms with van der Waals surface area (Å²) in [5, 5.41) is 0. The quantitative estimate of drug-likeness (QED) is 0.688. The molecule has 0 aliphatic rings. The van der Waals surface area contributed by atoms with Crippen molar-refractivity contribution in [2.45, 2.75) is 25.2 Å². The summed E-state index contributed by atoms with van der Waals surface area (Å²) in [5.74, 6) is 0.222. The molecule has 0 aliphatic carbocycles. The van der Waals surface area contributed by atoms with Gasteiger partial charge in [0.05, 0.1) is 0 Å². The fourth-order valence-electron chi connectivity index (χ4n) is 1.26. The van der Waals surface area contributed by atoms with Gasteiger partial charge in [0, 0.05) is 11.3 Å². The molecule has 1 aromatic rings. The molecule has 1 nitrogen and oxygen atoms in total. The number of Topliss-reactive ketones (excluding diaryl/α,β-unsaturated/α-hetero) is 1. The molecular formula is C11H14OS. The van der Waals surface area contributed by atoms with Crippen molar-refractivity contribution in [3.8, 4) is 0 Å². The van der Waals surface area contributed by atoms with Gasteiger partial charge in [-0.05, 0) is 43.4 Å². The lowest BCUT2D eigenvalue weighted by atomic mass is 10.0. The molecule has 1 aromatic carbocycles. The second kappa shape index (κ2) is 4.47. The van der Waals surface area contributed by atoms with Gasteiger partial charge in [0.25, 0.3) is 0 Å². The molecule has 0 atom stereocenters. The van der Waals surface area contributed by atoms with E-state index in [0.717, 1.165) is 5.56 Å².